The van der Waals surface area contributed by atoms with Crippen molar-refractivity contribution in [2.24, 2.45) is 0 Å². The molecule has 0 amide bonds. The van der Waals surface area contributed by atoms with Gasteiger partial charge in [-0.2, -0.15) is 17.0 Å². The van der Waals surface area contributed by atoms with Crippen LogP contribution in [0.2, 0.25) is 0 Å². The molecule has 23 heavy (non-hydrogen) atoms. The number of hydrogen-bond acceptors (Lipinski definition) is 4. The Labute approximate surface area is 137 Å². The lowest BCUT2D eigenvalue weighted by Gasteiger charge is -2.36. The molecule has 2 saturated heterocycles. The lowest BCUT2D eigenvalue weighted by atomic mass is 10.00. The highest BCUT2D eigenvalue weighted by Crippen LogP contribution is 2.31. The van der Waals surface area contributed by atoms with E-state index in [9.17, 15) is 22.3 Å². The second kappa shape index (κ2) is 6.87. The van der Waals surface area contributed by atoms with Gasteiger partial charge in [0.2, 0.25) is 0 Å². The molecule has 0 aromatic heterocycles. The predicted octanol–water partition coefficient (Wildman–Crippen LogP) is 0.741. The van der Waals surface area contributed by atoms with Crippen molar-refractivity contribution >= 4 is 10.2 Å². The summed E-state index contributed by atoms with van der Waals surface area (Å²) in [5, 5.41) is 10.7. The minimum Gasteiger partial charge on any atom is -0.387 e. The molecule has 2 rings (SSSR count). The third-order valence-corrected chi connectivity index (χ3v) is 6.89. The van der Waals surface area contributed by atoms with E-state index in [1.807, 2.05) is 4.90 Å². The molecule has 0 aliphatic carbocycles. The zero-order valence-corrected chi connectivity index (χ0v) is 14.7. The van der Waals surface area contributed by atoms with Crippen LogP contribution in [-0.4, -0.2) is 84.4 Å². The highest BCUT2D eigenvalue weighted by molar-refractivity contribution is 7.86. The summed E-state index contributed by atoms with van der Waals surface area (Å²) in [5.41, 5.74) is -1.16. The summed E-state index contributed by atoms with van der Waals surface area (Å²) < 4.78 is 54.0. The maximum atomic E-state index is 13.2. The van der Waals surface area contributed by atoms with Crippen LogP contribution in [0, 0.1) is 0 Å². The first-order valence-corrected chi connectivity index (χ1v) is 9.59. The Morgan fingerprint density at radius 3 is 2.17 bits per heavy atom. The van der Waals surface area contributed by atoms with Crippen LogP contribution < -0.4 is 0 Å². The highest BCUT2D eigenvalue weighted by atomic mass is 32.2. The fourth-order valence-corrected chi connectivity index (χ4v) is 5.02. The minimum atomic E-state index is -3.56. The number of β-amino-alcohol motifs (C(OH)–C–C–N with tert-alkyl or cyclic N) is 1. The number of hydrogen-bond donors (Lipinski definition) is 1. The Balaban J connectivity index is 1.96. The van der Waals surface area contributed by atoms with Gasteiger partial charge in [-0.15, -0.1) is 0 Å². The molecule has 6 nitrogen and oxygen atoms in total. The fourth-order valence-electron chi connectivity index (χ4n) is 3.31. The average molecular weight is 355 g/mol. The van der Waals surface area contributed by atoms with Crippen molar-refractivity contribution < 1.29 is 22.3 Å². The summed E-state index contributed by atoms with van der Waals surface area (Å²) in [7, 11) is -3.56. The maximum Gasteiger partial charge on any atom is 0.282 e. The summed E-state index contributed by atoms with van der Waals surface area (Å²) in [6.45, 7) is 5.32. The predicted molar refractivity (Wildman–Crippen MR) is 83.6 cm³/mol. The molecular formula is C14H27F2N3O3S. The van der Waals surface area contributed by atoms with E-state index in [4.69, 9.17) is 0 Å². The van der Waals surface area contributed by atoms with Gasteiger partial charge in [0.1, 0.15) is 0 Å². The number of nitrogens with zero attached hydrogens (tertiary/aromatic N) is 3. The summed E-state index contributed by atoms with van der Waals surface area (Å²) in [4.78, 5) is 1.81. The number of likely N-dealkylation sites (tertiary alicyclic amines) is 1. The first-order chi connectivity index (χ1) is 10.6. The van der Waals surface area contributed by atoms with Crippen LogP contribution in [0.25, 0.3) is 0 Å². The maximum absolute atomic E-state index is 13.2. The SMILES string of the molecule is CCN(CC)S(=O)(=O)N1CC[C@](O)(CN2CCC(F)(F)CC2)C1. The monoisotopic (exact) mass is 355 g/mol. The fraction of sp³-hybridized carbons (Fsp3) is 1.00. The Bertz CT molecular complexity index is 503. The lowest BCUT2D eigenvalue weighted by molar-refractivity contribution is -0.0716. The molecule has 2 fully saturated rings. The third kappa shape index (κ3) is 4.39. The molecule has 0 aromatic rings. The first-order valence-electron chi connectivity index (χ1n) is 8.20. The molecule has 0 spiro atoms. The summed E-state index contributed by atoms with van der Waals surface area (Å²) in [6, 6.07) is 0. The largest absolute Gasteiger partial charge is 0.387 e. The van der Waals surface area contributed by atoms with Gasteiger partial charge in [0.15, 0.2) is 0 Å². The van der Waals surface area contributed by atoms with Crippen molar-refractivity contribution in [2.75, 3.05) is 45.8 Å². The van der Waals surface area contributed by atoms with Crippen LogP contribution in [0.5, 0.6) is 0 Å². The van der Waals surface area contributed by atoms with Crippen LogP contribution >= 0.6 is 0 Å². The number of alkyl halides is 2. The molecule has 1 N–H and O–H groups in total. The van der Waals surface area contributed by atoms with Crippen LogP contribution in [0.15, 0.2) is 0 Å². The minimum absolute atomic E-state index is 0.0265. The van der Waals surface area contributed by atoms with E-state index in [-0.39, 0.29) is 45.6 Å². The molecular weight excluding hydrogens is 328 g/mol. The Hall–Kier alpha value is -0.350. The number of piperidine rings is 1. The Kier molecular flexibility index (Phi) is 5.67. The van der Waals surface area contributed by atoms with E-state index in [1.54, 1.807) is 13.8 Å². The van der Waals surface area contributed by atoms with Crippen molar-refractivity contribution in [1.82, 2.24) is 13.5 Å². The smallest absolute Gasteiger partial charge is 0.282 e. The molecule has 2 heterocycles. The highest BCUT2D eigenvalue weighted by Gasteiger charge is 2.45. The van der Waals surface area contributed by atoms with Gasteiger partial charge in [-0.3, -0.25) is 4.90 Å². The van der Waals surface area contributed by atoms with Crippen LogP contribution in [0.1, 0.15) is 33.1 Å². The van der Waals surface area contributed by atoms with E-state index >= 15 is 0 Å². The quantitative estimate of drug-likeness (QED) is 0.763. The van der Waals surface area contributed by atoms with Crippen LogP contribution in [0.4, 0.5) is 8.78 Å². The molecule has 0 saturated carbocycles. The first kappa shape index (κ1) is 19.0. The van der Waals surface area contributed by atoms with Crippen molar-refractivity contribution in [3.63, 3.8) is 0 Å². The average Bonchev–Trinajstić information content (AvgIpc) is 2.86. The number of rotatable bonds is 6. The molecule has 2 aliphatic heterocycles. The van der Waals surface area contributed by atoms with Gasteiger partial charge >= 0.3 is 0 Å². The third-order valence-electron chi connectivity index (χ3n) is 4.76. The standard InChI is InChI=1S/C14H27F2N3O3S/c1-3-18(4-2)23(21,22)19-10-5-13(20,12-19)11-17-8-6-14(15,16)7-9-17/h20H,3-12H2,1-2H3/t13-/m0/s1. The van der Waals surface area contributed by atoms with E-state index < -0.39 is 21.7 Å². The van der Waals surface area contributed by atoms with Crippen molar-refractivity contribution in [3.8, 4) is 0 Å². The second-order valence-corrected chi connectivity index (χ2v) is 8.46. The van der Waals surface area contributed by atoms with Crippen molar-refractivity contribution in [3.05, 3.63) is 0 Å². The van der Waals surface area contributed by atoms with Crippen LogP contribution in [-0.2, 0) is 10.2 Å². The normalized spacial score (nSPS) is 30.2. The Morgan fingerprint density at radius 1 is 1.09 bits per heavy atom. The lowest BCUT2D eigenvalue weighted by Crippen LogP contribution is -2.50. The summed E-state index contributed by atoms with van der Waals surface area (Å²) in [6.07, 6.45) is -0.0739. The van der Waals surface area contributed by atoms with E-state index in [0.29, 0.717) is 19.5 Å². The zero-order chi connectivity index (χ0) is 17.3. The van der Waals surface area contributed by atoms with Gasteiger partial charge in [-0.05, 0) is 6.42 Å². The summed E-state index contributed by atoms with van der Waals surface area (Å²) in [5.74, 6) is -2.62. The molecule has 1 atom stereocenters. The second-order valence-electron chi connectivity index (χ2n) is 6.53. The molecule has 0 radical (unpaired) electrons. The number of halogens is 2. The Morgan fingerprint density at radius 2 is 1.65 bits per heavy atom. The molecule has 0 aromatic carbocycles. The van der Waals surface area contributed by atoms with Gasteiger partial charge in [0, 0.05) is 58.7 Å². The van der Waals surface area contributed by atoms with Gasteiger partial charge in [-0.25, -0.2) is 8.78 Å². The number of aliphatic hydroxyl groups is 1. The van der Waals surface area contributed by atoms with E-state index in [1.165, 1.54) is 8.61 Å². The van der Waals surface area contributed by atoms with Gasteiger partial charge < -0.3 is 5.11 Å². The van der Waals surface area contributed by atoms with E-state index in [0.717, 1.165) is 0 Å². The van der Waals surface area contributed by atoms with Gasteiger partial charge in [0.25, 0.3) is 16.1 Å². The molecule has 0 unspecified atom stereocenters. The van der Waals surface area contributed by atoms with Crippen molar-refractivity contribution in [2.45, 2.75) is 44.6 Å². The van der Waals surface area contributed by atoms with Crippen molar-refractivity contribution in [1.29, 1.82) is 0 Å². The topological polar surface area (TPSA) is 64.1 Å². The zero-order valence-electron chi connectivity index (χ0n) is 13.8. The molecule has 2 aliphatic rings. The molecule has 0 bridgehead atoms. The van der Waals surface area contributed by atoms with Crippen LogP contribution in [0.3, 0.4) is 0 Å². The van der Waals surface area contributed by atoms with E-state index in [2.05, 4.69) is 0 Å². The molecule has 136 valence electrons. The van der Waals surface area contributed by atoms with Gasteiger partial charge in [0.05, 0.1) is 5.60 Å². The van der Waals surface area contributed by atoms with Gasteiger partial charge in [-0.1, -0.05) is 13.8 Å². The molecule has 9 heteroatoms. The summed E-state index contributed by atoms with van der Waals surface area (Å²) >= 11 is 0.